The molecule has 12 heteroatoms. The largest absolute Gasteiger partial charge is 0.379 e. The van der Waals surface area contributed by atoms with E-state index in [-0.39, 0.29) is 31.4 Å². The summed E-state index contributed by atoms with van der Waals surface area (Å²) in [6, 6.07) is 6.56. The molecule has 0 spiro atoms. The van der Waals surface area contributed by atoms with Crippen molar-refractivity contribution in [2.45, 2.75) is 26.3 Å². The van der Waals surface area contributed by atoms with Gasteiger partial charge in [0, 0.05) is 18.7 Å². The second-order valence-electron chi connectivity index (χ2n) is 7.69. The van der Waals surface area contributed by atoms with Crippen molar-refractivity contribution in [2.24, 2.45) is 0 Å². The predicted molar refractivity (Wildman–Crippen MR) is 132 cm³/mol. The van der Waals surface area contributed by atoms with Crippen molar-refractivity contribution in [3.63, 3.8) is 0 Å². The van der Waals surface area contributed by atoms with E-state index in [4.69, 9.17) is 18.9 Å². The van der Waals surface area contributed by atoms with Crippen LogP contribution in [-0.4, -0.2) is 96.1 Å². The molecule has 1 rings (SSSR count). The van der Waals surface area contributed by atoms with Gasteiger partial charge in [0.15, 0.2) is 0 Å². The van der Waals surface area contributed by atoms with Crippen LogP contribution in [-0.2, 0) is 38.1 Å². The number of hydrogen-bond donors (Lipinski definition) is 4. The van der Waals surface area contributed by atoms with Gasteiger partial charge in [-0.15, -0.1) is 0 Å². The van der Waals surface area contributed by atoms with Gasteiger partial charge in [-0.1, -0.05) is 17.7 Å². The van der Waals surface area contributed by atoms with E-state index in [0.717, 1.165) is 5.56 Å². The third-order valence-electron chi connectivity index (χ3n) is 4.60. The fraction of sp³-hybridized carbons (Fsp3) is 0.583. The number of carbonyl (C=O) groups is 4. The first-order valence-electron chi connectivity index (χ1n) is 11.8. The van der Waals surface area contributed by atoms with E-state index < -0.39 is 11.9 Å². The fourth-order valence-corrected chi connectivity index (χ4v) is 2.63. The summed E-state index contributed by atoms with van der Waals surface area (Å²) >= 11 is 0. The molecule has 1 unspecified atom stereocenters. The van der Waals surface area contributed by atoms with Crippen LogP contribution in [0.15, 0.2) is 24.3 Å². The van der Waals surface area contributed by atoms with Gasteiger partial charge in [0.05, 0.1) is 59.4 Å². The molecule has 0 fully saturated rings. The number of aryl methyl sites for hydroxylation is 1. The molecule has 1 aromatic rings. The average Bonchev–Trinajstić information content (AvgIpc) is 2.86. The molecule has 202 valence electrons. The number of anilines is 1. The van der Waals surface area contributed by atoms with E-state index in [0.29, 0.717) is 64.9 Å². The third-order valence-corrected chi connectivity index (χ3v) is 4.60. The monoisotopic (exact) mass is 510 g/mol. The Hall–Kier alpha value is -3.06. The molecule has 0 aromatic heterocycles. The highest BCUT2D eigenvalue weighted by Gasteiger charge is 2.16. The molecule has 0 saturated heterocycles. The summed E-state index contributed by atoms with van der Waals surface area (Å²) in [5.41, 5.74) is 1.72. The number of benzene rings is 1. The van der Waals surface area contributed by atoms with Crippen molar-refractivity contribution in [3.05, 3.63) is 29.8 Å². The van der Waals surface area contributed by atoms with Crippen molar-refractivity contribution in [2.75, 3.05) is 71.3 Å². The fourth-order valence-electron chi connectivity index (χ4n) is 2.63. The van der Waals surface area contributed by atoms with Crippen LogP contribution in [0, 0.1) is 6.92 Å². The van der Waals surface area contributed by atoms with Crippen LogP contribution in [0.4, 0.5) is 5.69 Å². The summed E-state index contributed by atoms with van der Waals surface area (Å²) in [5, 5.41) is 10.2. The number of hydrogen-bond acceptors (Lipinski definition) is 8. The molecular weight excluding hydrogens is 472 g/mol. The molecule has 0 aliphatic heterocycles. The molecule has 0 bridgehead atoms. The molecule has 0 heterocycles. The molecule has 1 atom stereocenters. The molecule has 12 nitrogen and oxygen atoms in total. The topological polar surface area (TPSA) is 153 Å². The van der Waals surface area contributed by atoms with Crippen molar-refractivity contribution >= 4 is 29.8 Å². The molecule has 4 amide bonds. The zero-order chi connectivity index (χ0) is 26.4. The molecule has 1 aromatic carbocycles. The van der Waals surface area contributed by atoms with E-state index in [9.17, 15) is 19.2 Å². The van der Waals surface area contributed by atoms with Crippen LogP contribution in [0.1, 0.15) is 18.9 Å². The Morgan fingerprint density at radius 1 is 0.833 bits per heavy atom. The lowest BCUT2D eigenvalue weighted by molar-refractivity contribution is -0.128. The Balaban J connectivity index is 1.95. The summed E-state index contributed by atoms with van der Waals surface area (Å²) < 4.78 is 21.2. The lowest BCUT2D eigenvalue weighted by atomic mass is 10.2. The van der Waals surface area contributed by atoms with Gasteiger partial charge in [-0.2, -0.15) is 0 Å². The number of rotatable bonds is 21. The van der Waals surface area contributed by atoms with E-state index in [1.54, 1.807) is 19.1 Å². The van der Waals surface area contributed by atoms with Crippen LogP contribution in [0.2, 0.25) is 0 Å². The van der Waals surface area contributed by atoms with Gasteiger partial charge in [0.1, 0.15) is 6.04 Å². The van der Waals surface area contributed by atoms with Gasteiger partial charge in [0.2, 0.25) is 24.1 Å². The summed E-state index contributed by atoms with van der Waals surface area (Å²) in [6.45, 7) is 6.79. The molecular formula is C24H38N4O8. The Kier molecular flexibility index (Phi) is 17.3. The van der Waals surface area contributed by atoms with Crippen molar-refractivity contribution in [1.82, 2.24) is 16.0 Å². The minimum absolute atomic E-state index is 0.0994. The van der Waals surface area contributed by atoms with Gasteiger partial charge in [-0.3, -0.25) is 19.2 Å². The maximum absolute atomic E-state index is 12.2. The normalized spacial score (nSPS) is 11.4. The van der Waals surface area contributed by atoms with Gasteiger partial charge in [-0.05, 0) is 26.0 Å². The smallest absolute Gasteiger partial charge is 0.246 e. The minimum Gasteiger partial charge on any atom is -0.379 e. The summed E-state index contributed by atoms with van der Waals surface area (Å²) in [4.78, 5) is 46.0. The Labute approximate surface area is 211 Å². The van der Waals surface area contributed by atoms with Crippen molar-refractivity contribution in [3.8, 4) is 0 Å². The van der Waals surface area contributed by atoms with E-state index in [1.165, 1.54) is 0 Å². The standard InChI is InChI=1S/C24H38N4O8/c1-19-3-5-21(6-4-19)28-24(32)20(2)27-23(31)17-26-22(30)7-9-33-11-13-35-15-16-36-14-12-34-10-8-25-18-29/h3-6,18,20H,7-17H2,1-2H3,(H,25,29)(H,26,30)(H,27,31)(H,28,32). The third kappa shape index (κ3) is 16.5. The molecule has 0 saturated carbocycles. The molecule has 0 radical (unpaired) electrons. The molecule has 4 N–H and O–H groups in total. The summed E-state index contributed by atoms with van der Waals surface area (Å²) in [5.74, 6) is -1.15. The van der Waals surface area contributed by atoms with Crippen LogP contribution >= 0.6 is 0 Å². The Morgan fingerprint density at radius 3 is 1.97 bits per heavy atom. The van der Waals surface area contributed by atoms with E-state index in [1.807, 2.05) is 19.1 Å². The van der Waals surface area contributed by atoms with Gasteiger partial charge >= 0.3 is 0 Å². The van der Waals surface area contributed by atoms with Crippen LogP contribution < -0.4 is 21.3 Å². The zero-order valence-electron chi connectivity index (χ0n) is 21.0. The predicted octanol–water partition coefficient (Wildman–Crippen LogP) is -0.243. The van der Waals surface area contributed by atoms with Gasteiger partial charge in [0.25, 0.3) is 0 Å². The molecule has 0 aliphatic rings. The number of carbonyl (C=O) groups excluding carboxylic acids is 4. The molecule has 0 aliphatic carbocycles. The minimum atomic E-state index is -0.755. The maximum Gasteiger partial charge on any atom is 0.246 e. The Morgan fingerprint density at radius 2 is 1.39 bits per heavy atom. The first-order chi connectivity index (χ1) is 17.4. The van der Waals surface area contributed by atoms with Gasteiger partial charge < -0.3 is 40.2 Å². The second-order valence-corrected chi connectivity index (χ2v) is 7.69. The highest BCUT2D eigenvalue weighted by molar-refractivity contribution is 5.97. The van der Waals surface area contributed by atoms with Crippen LogP contribution in [0.5, 0.6) is 0 Å². The molecule has 36 heavy (non-hydrogen) atoms. The first-order valence-corrected chi connectivity index (χ1v) is 11.8. The lowest BCUT2D eigenvalue weighted by Crippen LogP contribution is -2.46. The maximum atomic E-state index is 12.2. The highest BCUT2D eigenvalue weighted by atomic mass is 16.6. The average molecular weight is 511 g/mol. The summed E-state index contributed by atoms with van der Waals surface area (Å²) in [7, 11) is 0. The number of ether oxygens (including phenoxy) is 4. The zero-order valence-corrected chi connectivity index (χ0v) is 21.0. The van der Waals surface area contributed by atoms with Crippen molar-refractivity contribution < 1.29 is 38.1 Å². The first kappa shape index (κ1) is 31.0. The Bertz CT molecular complexity index is 776. The highest BCUT2D eigenvalue weighted by Crippen LogP contribution is 2.08. The quantitative estimate of drug-likeness (QED) is 0.131. The van der Waals surface area contributed by atoms with Crippen molar-refractivity contribution in [1.29, 1.82) is 0 Å². The van der Waals surface area contributed by atoms with E-state index >= 15 is 0 Å². The number of nitrogens with one attached hydrogen (secondary N) is 4. The number of amides is 4. The summed E-state index contributed by atoms with van der Waals surface area (Å²) in [6.07, 6.45) is 0.721. The van der Waals surface area contributed by atoms with E-state index in [2.05, 4.69) is 21.3 Å². The lowest BCUT2D eigenvalue weighted by Gasteiger charge is -2.14. The van der Waals surface area contributed by atoms with Crippen LogP contribution in [0.3, 0.4) is 0 Å². The SMILES string of the molecule is Cc1ccc(NC(=O)C(C)NC(=O)CNC(=O)CCOCCOCCOCCOCCNC=O)cc1. The second kappa shape index (κ2) is 20.2. The van der Waals surface area contributed by atoms with Crippen LogP contribution in [0.25, 0.3) is 0 Å². The van der Waals surface area contributed by atoms with Gasteiger partial charge in [-0.25, -0.2) is 0 Å².